The first-order valence-electron chi connectivity index (χ1n) is 9.86. The molecule has 29 heavy (non-hydrogen) atoms. The van der Waals surface area contributed by atoms with Crippen LogP contribution in [-0.2, 0) is 4.79 Å². The van der Waals surface area contributed by atoms with Crippen molar-refractivity contribution < 1.29 is 14.4 Å². The Hall–Kier alpha value is -3.35. The third-order valence-corrected chi connectivity index (χ3v) is 4.94. The number of carbonyl (C=O) groups is 3. The zero-order valence-electron chi connectivity index (χ0n) is 16.3. The molecular weight excluding hydrogens is 368 g/mol. The van der Waals surface area contributed by atoms with Crippen LogP contribution in [0.25, 0.3) is 0 Å². The lowest BCUT2D eigenvalue weighted by molar-refractivity contribution is -0.114. The van der Waals surface area contributed by atoms with Gasteiger partial charge < -0.3 is 21.3 Å². The van der Waals surface area contributed by atoms with Gasteiger partial charge in [0.25, 0.3) is 11.8 Å². The molecule has 0 aliphatic carbocycles. The van der Waals surface area contributed by atoms with E-state index in [1.165, 1.54) is 12.8 Å². The van der Waals surface area contributed by atoms with E-state index in [1.807, 2.05) is 4.90 Å². The molecule has 0 aromatic heterocycles. The second kappa shape index (κ2) is 9.73. The van der Waals surface area contributed by atoms with Gasteiger partial charge >= 0.3 is 0 Å². The first-order chi connectivity index (χ1) is 14.0. The molecule has 152 valence electrons. The molecule has 4 N–H and O–H groups in total. The van der Waals surface area contributed by atoms with E-state index in [0.717, 1.165) is 25.9 Å². The fourth-order valence-electron chi connectivity index (χ4n) is 3.39. The molecule has 7 heteroatoms. The molecule has 7 nitrogen and oxygen atoms in total. The number of rotatable bonds is 6. The topological polar surface area (TPSA) is 105 Å². The minimum absolute atomic E-state index is 0.0151. The molecule has 3 rings (SSSR count). The Labute approximate surface area is 170 Å². The Morgan fingerprint density at radius 2 is 1.55 bits per heavy atom. The van der Waals surface area contributed by atoms with Crippen molar-refractivity contribution in [2.75, 3.05) is 30.3 Å². The molecule has 0 atom stereocenters. The van der Waals surface area contributed by atoms with Gasteiger partial charge in [-0.25, -0.2) is 0 Å². The van der Waals surface area contributed by atoms with Crippen LogP contribution >= 0.6 is 0 Å². The zero-order valence-corrected chi connectivity index (χ0v) is 16.3. The minimum Gasteiger partial charge on any atom is -0.376 e. The van der Waals surface area contributed by atoms with Crippen molar-refractivity contribution in [3.8, 4) is 0 Å². The zero-order chi connectivity index (χ0) is 20.6. The molecule has 2 aromatic carbocycles. The first kappa shape index (κ1) is 20.4. The Balaban J connectivity index is 1.55. The third kappa shape index (κ3) is 5.57. The number of nitrogens with one attached hydrogen (secondary N) is 2. The van der Waals surface area contributed by atoms with Crippen molar-refractivity contribution in [2.24, 2.45) is 5.73 Å². The average molecular weight is 394 g/mol. The van der Waals surface area contributed by atoms with Gasteiger partial charge in [0, 0.05) is 30.0 Å². The van der Waals surface area contributed by atoms with Crippen LogP contribution in [0.1, 0.15) is 46.4 Å². The molecule has 0 unspecified atom stereocenters. The number of primary amides is 1. The number of likely N-dealkylation sites (tertiary alicyclic amines) is 1. The maximum atomic E-state index is 12.6. The van der Waals surface area contributed by atoms with E-state index in [2.05, 4.69) is 10.6 Å². The number of benzene rings is 2. The number of anilines is 2. The largest absolute Gasteiger partial charge is 0.376 e. The van der Waals surface area contributed by atoms with Gasteiger partial charge in [0.15, 0.2) is 0 Å². The molecular formula is C22H26N4O3. The lowest BCUT2D eigenvalue weighted by Gasteiger charge is -2.20. The summed E-state index contributed by atoms with van der Waals surface area (Å²) in [4.78, 5) is 38.2. The number of hydrogen-bond donors (Lipinski definition) is 3. The Bertz CT molecular complexity index is 872. The number of nitrogens with two attached hydrogens (primary N) is 1. The maximum absolute atomic E-state index is 12.6. The second-order valence-corrected chi connectivity index (χ2v) is 7.10. The van der Waals surface area contributed by atoms with Crippen molar-refractivity contribution in [2.45, 2.75) is 25.7 Å². The molecule has 0 spiro atoms. The number of amides is 3. The van der Waals surface area contributed by atoms with Gasteiger partial charge in [-0.15, -0.1) is 0 Å². The van der Waals surface area contributed by atoms with Crippen LogP contribution in [0.3, 0.4) is 0 Å². The van der Waals surface area contributed by atoms with Crippen LogP contribution in [0.4, 0.5) is 11.4 Å². The molecule has 0 saturated carbocycles. The van der Waals surface area contributed by atoms with E-state index >= 15 is 0 Å². The fraction of sp³-hybridized carbons (Fsp3) is 0.318. The van der Waals surface area contributed by atoms with Gasteiger partial charge in [0.2, 0.25) is 5.91 Å². The first-order valence-corrected chi connectivity index (χ1v) is 9.86. The van der Waals surface area contributed by atoms with Crippen molar-refractivity contribution in [3.63, 3.8) is 0 Å². The molecule has 1 saturated heterocycles. The summed E-state index contributed by atoms with van der Waals surface area (Å²) >= 11 is 0. The van der Waals surface area contributed by atoms with Gasteiger partial charge in [0.05, 0.1) is 12.1 Å². The van der Waals surface area contributed by atoms with Crippen LogP contribution < -0.4 is 16.4 Å². The monoisotopic (exact) mass is 394 g/mol. The number of nitrogens with zero attached hydrogens (tertiary/aromatic N) is 1. The average Bonchev–Trinajstić information content (AvgIpc) is 3.02. The van der Waals surface area contributed by atoms with Crippen molar-refractivity contribution >= 4 is 29.1 Å². The molecule has 0 bridgehead atoms. The smallest absolute Gasteiger partial charge is 0.253 e. The highest BCUT2D eigenvalue weighted by Crippen LogP contribution is 2.16. The van der Waals surface area contributed by atoms with Crippen LogP contribution in [0, 0.1) is 0 Å². The molecule has 1 aliphatic rings. The summed E-state index contributed by atoms with van der Waals surface area (Å²) in [6.07, 6.45) is 4.44. The molecule has 1 heterocycles. The number of para-hydroxylation sites is 1. The minimum atomic E-state index is -0.557. The summed E-state index contributed by atoms with van der Waals surface area (Å²) in [7, 11) is 0. The van der Waals surface area contributed by atoms with Gasteiger partial charge in [0.1, 0.15) is 0 Å². The van der Waals surface area contributed by atoms with E-state index < -0.39 is 5.91 Å². The lowest BCUT2D eigenvalue weighted by atomic mass is 10.1. The van der Waals surface area contributed by atoms with E-state index in [9.17, 15) is 14.4 Å². The Morgan fingerprint density at radius 3 is 2.21 bits per heavy atom. The molecule has 3 amide bonds. The van der Waals surface area contributed by atoms with Gasteiger partial charge in [-0.1, -0.05) is 25.0 Å². The summed E-state index contributed by atoms with van der Waals surface area (Å²) in [5.74, 6) is -0.788. The van der Waals surface area contributed by atoms with Gasteiger partial charge in [-0.3, -0.25) is 14.4 Å². The SMILES string of the molecule is NC(=O)c1ccccc1NCC(=O)Nc1ccc(C(=O)N2CCCCCC2)cc1. The van der Waals surface area contributed by atoms with E-state index in [-0.39, 0.29) is 18.4 Å². The Morgan fingerprint density at radius 1 is 0.897 bits per heavy atom. The molecule has 1 aliphatic heterocycles. The van der Waals surface area contributed by atoms with Crippen LogP contribution in [-0.4, -0.2) is 42.3 Å². The molecule has 2 aromatic rings. The van der Waals surface area contributed by atoms with E-state index in [1.54, 1.807) is 48.5 Å². The predicted molar refractivity (Wildman–Crippen MR) is 113 cm³/mol. The highest BCUT2D eigenvalue weighted by Gasteiger charge is 2.17. The van der Waals surface area contributed by atoms with Crippen molar-refractivity contribution in [1.29, 1.82) is 0 Å². The number of hydrogen-bond acceptors (Lipinski definition) is 4. The van der Waals surface area contributed by atoms with E-state index in [4.69, 9.17) is 5.73 Å². The summed E-state index contributed by atoms with van der Waals surface area (Å²) in [5.41, 5.74) is 7.40. The third-order valence-electron chi connectivity index (χ3n) is 4.94. The lowest BCUT2D eigenvalue weighted by Crippen LogP contribution is -2.31. The Kier molecular flexibility index (Phi) is 6.84. The van der Waals surface area contributed by atoms with Gasteiger partial charge in [-0.2, -0.15) is 0 Å². The highest BCUT2D eigenvalue weighted by atomic mass is 16.2. The van der Waals surface area contributed by atoms with Crippen LogP contribution in [0.15, 0.2) is 48.5 Å². The van der Waals surface area contributed by atoms with Gasteiger partial charge in [-0.05, 0) is 49.2 Å². The van der Waals surface area contributed by atoms with Crippen molar-refractivity contribution in [3.05, 3.63) is 59.7 Å². The van der Waals surface area contributed by atoms with E-state index in [0.29, 0.717) is 22.5 Å². The fourth-order valence-corrected chi connectivity index (χ4v) is 3.39. The standard InChI is InChI=1S/C22H26N4O3/c23-21(28)18-7-3-4-8-19(18)24-15-20(27)25-17-11-9-16(10-12-17)22(29)26-13-5-1-2-6-14-26/h3-4,7-12,24H,1-2,5-6,13-15H2,(H2,23,28)(H,25,27). The second-order valence-electron chi connectivity index (χ2n) is 7.10. The number of carbonyl (C=O) groups excluding carboxylic acids is 3. The maximum Gasteiger partial charge on any atom is 0.253 e. The molecule has 1 fully saturated rings. The van der Waals surface area contributed by atoms with Crippen LogP contribution in [0.5, 0.6) is 0 Å². The highest BCUT2D eigenvalue weighted by molar-refractivity contribution is 6.00. The molecule has 0 radical (unpaired) electrons. The summed E-state index contributed by atoms with van der Waals surface area (Å²) < 4.78 is 0. The summed E-state index contributed by atoms with van der Waals surface area (Å²) in [6.45, 7) is 1.59. The quantitative estimate of drug-likeness (QED) is 0.701. The normalized spacial score (nSPS) is 14.0. The summed E-state index contributed by atoms with van der Waals surface area (Å²) in [5, 5.41) is 5.69. The predicted octanol–water partition coefficient (Wildman–Crippen LogP) is 2.85. The van der Waals surface area contributed by atoms with Crippen LogP contribution in [0.2, 0.25) is 0 Å². The summed E-state index contributed by atoms with van der Waals surface area (Å²) in [6, 6.07) is 13.7. The van der Waals surface area contributed by atoms with Crippen molar-refractivity contribution in [1.82, 2.24) is 4.90 Å².